The Labute approximate surface area is 179 Å². The first-order valence-electron chi connectivity index (χ1n) is 9.47. The number of carbonyl (C=O) groups is 1. The van der Waals surface area contributed by atoms with Gasteiger partial charge in [0.05, 0.1) is 12.2 Å². The van der Waals surface area contributed by atoms with Crippen molar-refractivity contribution in [2.75, 3.05) is 6.61 Å². The highest BCUT2D eigenvalue weighted by atomic mass is 32.2. The Kier molecular flexibility index (Phi) is 6.97. The van der Waals surface area contributed by atoms with Crippen molar-refractivity contribution in [1.82, 2.24) is 0 Å². The summed E-state index contributed by atoms with van der Waals surface area (Å²) in [4.78, 5) is 12.8. The van der Waals surface area contributed by atoms with Crippen molar-refractivity contribution in [1.29, 1.82) is 0 Å². The minimum absolute atomic E-state index is 0.00845. The molecule has 0 aromatic heterocycles. The van der Waals surface area contributed by atoms with Crippen LogP contribution in [0.2, 0.25) is 0 Å². The van der Waals surface area contributed by atoms with Gasteiger partial charge in [0, 0.05) is 10.9 Å². The number of aryl methyl sites for hydroxylation is 1. The van der Waals surface area contributed by atoms with Gasteiger partial charge in [-0.3, -0.25) is 0 Å². The summed E-state index contributed by atoms with van der Waals surface area (Å²) in [5.74, 6) is -1.48. The van der Waals surface area contributed by atoms with E-state index in [1.807, 2.05) is 0 Å². The molecule has 10 heteroatoms. The first kappa shape index (κ1) is 24.9. The van der Waals surface area contributed by atoms with Crippen LogP contribution in [0.5, 0.6) is 5.75 Å². The summed E-state index contributed by atoms with van der Waals surface area (Å²) >= 11 is 0. The summed E-state index contributed by atoms with van der Waals surface area (Å²) < 4.78 is 78.8. The van der Waals surface area contributed by atoms with Gasteiger partial charge in [0.2, 0.25) is 0 Å². The maximum absolute atomic E-state index is 13.1. The van der Waals surface area contributed by atoms with Crippen LogP contribution in [0.3, 0.4) is 0 Å². The van der Waals surface area contributed by atoms with Gasteiger partial charge in [-0.05, 0) is 58.1 Å². The quantitative estimate of drug-likeness (QED) is 0.337. The zero-order valence-corrected chi connectivity index (χ0v) is 18.9. The Bertz CT molecular complexity index is 1080. The molecule has 0 unspecified atom stereocenters. The number of ether oxygens (including phenoxy) is 2. The molecule has 1 atom stereocenters. The van der Waals surface area contributed by atoms with E-state index in [0.717, 1.165) is 0 Å². The third-order valence-corrected chi connectivity index (χ3v) is 5.45. The molecule has 0 amide bonds. The van der Waals surface area contributed by atoms with E-state index in [2.05, 4.69) is 4.18 Å². The van der Waals surface area contributed by atoms with E-state index in [9.17, 15) is 26.4 Å². The molecule has 0 saturated carbocycles. The van der Waals surface area contributed by atoms with Crippen molar-refractivity contribution in [3.05, 3.63) is 41.0 Å². The fourth-order valence-corrected chi connectivity index (χ4v) is 3.58. The van der Waals surface area contributed by atoms with Crippen LogP contribution in [-0.2, 0) is 24.4 Å². The van der Waals surface area contributed by atoms with Gasteiger partial charge in [-0.25, -0.2) is 4.79 Å². The Morgan fingerprint density at radius 2 is 1.58 bits per heavy atom. The van der Waals surface area contributed by atoms with Crippen LogP contribution in [0.15, 0.2) is 24.3 Å². The van der Waals surface area contributed by atoms with Crippen molar-refractivity contribution in [2.45, 2.75) is 58.8 Å². The molecule has 0 fully saturated rings. The topological polar surface area (TPSA) is 78.9 Å². The van der Waals surface area contributed by atoms with Gasteiger partial charge in [-0.15, -0.1) is 0 Å². The minimum atomic E-state index is -6.02. The number of alkyl halides is 3. The molecule has 172 valence electrons. The first-order valence-corrected chi connectivity index (χ1v) is 10.9. The summed E-state index contributed by atoms with van der Waals surface area (Å²) in [7, 11) is -6.02. The largest absolute Gasteiger partial charge is 0.534 e. The predicted octanol–water partition coefficient (Wildman–Crippen LogP) is 5.10. The molecule has 0 radical (unpaired) electrons. The van der Waals surface area contributed by atoms with E-state index in [4.69, 9.17) is 9.47 Å². The maximum atomic E-state index is 13.1. The third kappa shape index (κ3) is 5.30. The number of carbonyl (C=O) groups excluding carboxylic acids is 1. The monoisotopic (exact) mass is 462 g/mol. The molecular weight excluding hydrogens is 437 g/mol. The molecule has 0 aliphatic heterocycles. The summed E-state index contributed by atoms with van der Waals surface area (Å²) in [6.45, 7) is 9.77. The zero-order valence-electron chi connectivity index (χ0n) is 18.1. The molecule has 0 aliphatic carbocycles. The lowest BCUT2D eigenvalue weighted by atomic mass is 9.91. The van der Waals surface area contributed by atoms with Crippen LogP contribution in [0, 0.1) is 13.8 Å². The van der Waals surface area contributed by atoms with Crippen LogP contribution < -0.4 is 4.18 Å². The lowest BCUT2D eigenvalue weighted by Crippen LogP contribution is -2.32. The number of rotatable bonds is 6. The summed E-state index contributed by atoms with van der Waals surface area (Å²) in [6, 6.07) is 6.23. The second kappa shape index (κ2) is 8.66. The molecule has 2 aromatic carbocycles. The Balaban J connectivity index is 2.94. The predicted molar refractivity (Wildman–Crippen MR) is 109 cm³/mol. The molecule has 0 bridgehead atoms. The minimum Gasteiger partial charge on any atom is -0.464 e. The summed E-state index contributed by atoms with van der Waals surface area (Å²) in [5.41, 5.74) is -5.71. The molecule has 31 heavy (non-hydrogen) atoms. The first-order chi connectivity index (χ1) is 14.1. The summed E-state index contributed by atoms with van der Waals surface area (Å²) in [6.07, 6.45) is -1.51. The van der Waals surface area contributed by atoms with Crippen molar-refractivity contribution in [3.63, 3.8) is 0 Å². The smallest absolute Gasteiger partial charge is 0.464 e. The molecule has 0 aliphatic rings. The average Bonchev–Trinajstić information content (AvgIpc) is 2.63. The number of benzene rings is 2. The third-order valence-electron chi connectivity index (χ3n) is 4.50. The lowest BCUT2D eigenvalue weighted by molar-refractivity contribution is -0.167. The van der Waals surface area contributed by atoms with Gasteiger partial charge in [0.25, 0.3) is 0 Å². The molecular formula is C21H25F3O6S. The lowest BCUT2D eigenvalue weighted by Gasteiger charge is -2.29. The normalized spacial score (nSPS) is 13.8. The summed E-state index contributed by atoms with van der Waals surface area (Å²) in [5, 5.41) is 0.578. The van der Waals surface area contributed by atoms with E-state index in [1.54, 1.807) is 53.7 Å². The second-order valence-electron chi connectivity index (χ2n) is 7.88. The van der Waals surface area contributed by atoms with E-state index < -0.39 is 39.1 Å². The van der Waals surface area contributed by atoms with Crippen LogP contribution in [0.25, 0.3) is 10.8 Å². The van der Waals surface area contributed by atoms with Gasteiger partial charge in [0.1, 0.15) is 0 Å². The van der Waals surface area contributed by atoms with Crippen LogP contribution >= 0.6 is 0 Å². The maximum Gasteiger partial charge on any atom is 0.534 e. The fourth-order valence-electron chi connectivity index (χ4n) is 3.09. The molecule has 0 heterocycles. The molecule has 6 nitrogen and oxygen atoms in total. The molecule has 0 N–H and O–H groups in total. The number of hydrogen-bond acceptors (Lipinski definition) is 6. The van der Waals surface area contributed by atoms with E-state index >= 15 is 0 Å². The Morgan fingerprint density at radius 3 is 2.06 bits per heavy atom. The number of fused-ring (bicyclic) bond motifs is 1. The number of hydrogen-bond donors (Lipinski definition) is 0. The van der Waals surface area contributed by atoms with Crippen LogP contribution in [-0.4, -0.2) is 32.1 Å². The Morgan fingerprint density at radius 1 is 1.03 bits per heavy atom. The van der Waals surface area contributed by atoms with Gasteiger partial charge < -0.3 is 13.7 Å². The van der Waals surface area contributed by atoms with Gasteiger partial charge in [-0.1, -0.05) is 24.3 Å². The van der Waals surface area contributed by atoms with Crippen molar-refractivity contribution in [3.8, 4) is 5.75 Å². The van der Waals surface area contributed by atoms with Gasteiger partial charge in [-0.2, -0.15) is 21.6 Å². The van der Waals surface area contributed by atoms with E-state index in [1.165, 1.54) is 12.1 Å². The molecule has 2 rings (SSSR count). The van der Waals surface area contributed by atoms with E-state index in [0.29, 0.717) is 16.5 Å². The van der Waals surface area contributed by atoms with Crippen molar-refractivity contribution in [2.24, 2.45) is 0 Å². The number of halogens is 3. The van der Waals surface area contributed by atoms with Crippen molar-refractivity contribution >= 4 is 26.9 Å². The van der Waals surface area contributed by atoms with Gasteiger partial charge >= 0.3 is 21.6 Å². The average molecular weight is 462 g/mol. The standard InChI is InChI=1S/C21H25F3O6S/c1-7-28-19(25)18(29-20(4,5)6)16-13(3)12(2)14-10-8-9-11-15(14)17(16)30-31(26,27)21(22,23)24/h8-11,18H,7H2,1-6H3/t18-/m0/s1. The molecule has 0 saturated heterocycles. The highest BCUT2D eigenvalue weighted by Crippen LogP contribution is 2.43. The van der Waals surface area contributed by atoms with Crippen LogP contribution in [0.4, 0.5) is 13.2 Å². The Hall–Kier alpha value is -2.33. The second-order valence-corrected chi connectivity index (χ2v) is 9.42. The van der Waals surface area contributed by atoms with E-state index in [-0.39, 0.29) is 17.6 Å². The van der Waals surface area contributed by atoms with Gasteiger partial charge in [0.15, 0.2) is 11.9 Å². The SMILES string of the molecule is CCOC(=O)[C@@H](OC(C)(C)C)c1c(C)c(C)c2ccccc2c1OS(=O)(=O)C(F)(F)F. The highest BCUT2D eigenvalue weighted by Gasteiger charge is 2.49. The number of esters is 1. The van der Waals surface area contributed by atoms with Crippen molar-refractivity contribution < 1.29 is 40.0 Å². The highest BCUT2D eigenvalue weighted by molar-refractivity contribution is 7.88. The van der Waals surface area contributed by atoms with Crippen LogP contribution in [0.1, 0.15) is 50.5 Å². The molecule has 0 spiro atoms. The fraction of sp³-hybridized carbons (Fsp3) is 0.476. The molecule has 2 aromatic rings. The zero-order chi connectivity index (χ0) is 23.8.